The zero-order chi connectivity index (χ0) is 36.7. The van der Waals surface area contributed by atoms with E-state index in [0.717, 1.165) is 46.7 Å². The lowest BCUT2D eigenvalue weighted by Crippen LogP contribution is -2.51. The molecule has 9 heteroatoms. The number of aliphatic hydroxyl groups excluding tert-OH is 1. The average Bonchev–Trinajstić information content (AvgIpc) is 3.49. The summed E-state index contributed by atoms with van der Waals surface area (Å²) in [4.78, 5) is 28.8. The number of hydrogen-bond acceptors (Lipinski definition) is 6. The number of ether oxygens (including phenoxy) is 2. The number of benzene rings is 4. The molecule has 0 radical (unpaired) electrons. The van der Waals surface area contributed by atoms with Crippen molar-refractivity contribution in [3.63, 3.8) is 0 Å². The Morgan fingerprint density at radius 3 is 2.31 bits per heavy atom. The average molecular weight is 718 g/mol. The highest BCUT2D eigenvalue weighted by molar-refractivity contribution is 6.91. The van der Waals surface area contributed by atoms with Crippen molar-refractivity contribution in [2.45, 2.75) is 76.4 Å². The summed E-state index contributed by atoms with van der Waals surface area (Å²) in [6.45, 7) is 7.69. The van der Waals surface area contributed by atoms with E-state index < -0.39 is 8.07 Å². The smallest absolute Gasteiger partial charge is 0.247 e. The largest absolute Gasteiger partial charge is 0.497 e. The van der Waals surface area contributed by atoms with Gasteiger partial charge in [0.25, 0.3) is 0 Å². The van der Waals surface area contributed by atoms with Crippen LogP contribution in [0.5, 0.6) is 5.75 Å². The minimum Gasteiger partial charge on any atom is -0.497 e. The number of aliphatic hydroxyl groups is 1. The number of carbonyl (C=O) groups is 2. The van der Waals surface area contributed by atoms with Crippen LogP contribution in [0.3, 0.4) is 0 Å². The minimum absolute atomic E-state index is 0.00499. The molecule has 4 aromatic rings. The molecule has 272 valence electrons. The van der Waals surface area contributed by atoms with Gasteiger partial charge in [-0.25, -0.2) is 5.01 Å². The van der Waals surface area contributed by atoms with Crippen molar-refractivity contribution < 1.29 is 24.2 Å². The second-order valence-corrected chi connectivity index (χ2v) is 19.3. The van der Waals surface area contributed by atoms with Gasteiger partial charge in [0.05, 0.1) is 51.8 Å². The quantitative estimate of drug-likeness (QED) is 0.143. The second kappa shape index (κ2) is 16.8. The van der Waals surface area contributed by atoms with Gasteiger partial charge in [0.15, 0.2) is 0 Å². The zero-order valence-electron chi connectivity index (χ0n) is 30.8. The fourth-order valence-electron chi connectivity index (χ4n) is 8.11. The van der Waals surface area contributed by atoms with Gasteiger partial charge in [-0.3, -0.25) is 9.59 Å². The molecule has 1 saturated heterocycles. The molecule has 1 N–H and O–H groups in total. The fourth-order valence-corrected chi connectivity index (χ4v) is 12.2. The van der Waals surface area contributed by atoms with Crippen LogP contribution in [0.4, 0.5) is 5.69 Å². The Morgan fingerprint density at radius 1 is 0.923 bits per heavy atom. The van der Waals surface area contributed by atoms with Crippen LogP contribution in [0, 0.1) is 5.92 Å². The molecule has 4 atom stereocenters. The van der Waals surface area contributed by atoms with E-state index in [2.05, 4.69) is 44.3 Å². The molecule has 0 bridgehead atoms. The van der Waals surface area contributed by atoms with Crippen LogP contribution < -0.4 is 14.9 Å². The summed E-state index contributed by atoms with van der Waals surface area (Å²) in [6, 6.07) is 36.5. The topological polar surface area (TPSA) is 91.7 Å². The van der Waals surface area contributed by atoms with E-state index in [1.807, 2.05) is 84.9 Å². The fraction of sp³-hybridized carbons (Fsp3) is 0.372. The van der Waals surface area contributed by atoms with Crippen LogP contribution in [0.1, 0.15) is 49.3 Å². The van der Waals surface area contributed by atoms with Crippen molar-refractivity contribution in [2.75, 3.05) is 25.3 Å². The van der Waals surface area contributed by atoms with Gasteiger partial charge in [-0.1, -0.05) is 110 Å². The highest BCUT2D eigenvalue weighted by Gasteiger charge is 2.51. The van der Waals surface area contributed by atoms with Gasteiger partial charge in [0.1, 0.15) is 5.75 Å². The van der Waals surface area contributed by atoms with Crippen LogP contribution >= 0.6 is 0 Å². The summed E-state index contributed by atoms with van der Waals surface area (Å²) in [7, 11) is -0.506. The standard InChI is InChI=1S/C43H51N3O5Si/c1-31-39(24-18-32-14-11-17-35(28-32)46-41(48)25-23-38(44-46)34-15-9-6-10-16-34)51-40(43(31)52(3,4)37-21-19-36(50-2)20-22-37)29-42(49)45(26-27-47)30-33-12-7-5-8-13-33/h5-17,19-22,28,31,39-40,43,47H,18,23-27,29-30H2,1-4H3/t31-,39+,40-,43+/m0/s1. The molecule has 52 heavy (non-hydrogen) atoms. The van der Waals surface area contributed by atoms with Gasteiger partial charge in [-0.15, -0.1) is 0 Å². The Hall–Kier alpha value is -4.57. The number of methoxy groups -OCH3 is 1. The molecule has 2 amide bonds. The van der Waals surface area contributed by atoms with E-state index in [0.29, 0.717) is 19.4 Å². The van der Waals surface area contributed by atoms with Crippen LogP contribution in [0.15, 0.2) is 114 Å². The van der Waals surface area contributed by atoms with Crippen molar-refractivity contribution in [3.8, 4) is 5.75 Å². The lowest BCUT2D eigenvalue weighted by molar-refractivity contribution is -0.135. The number of carbonyl (C=O) groups excluding carboxylic acids is 2. The summed E-state index contributed by atoms with van der Waals surface area (Å²) >= 11 is 0. The SMILES string of the molecule is COc1ccc([Si](C)(C)[C@@H]2[C@@H](C)[C@@H](CCc3cccc(N4N=C(c5ccccc5)CCC4=O)c3)O[C@H]2CC(=O)N(CCO)Cc2ccccc2)cc1. The van der Waals surface area contributed by atoms with E-state index in [4.69, 9.17) is 14.6 Å². The maximum absolute atomic E-state index is 14.0. The van der Waals surface area contributed by atoms with Crippen LogP contribution in [-0.2, 0) is 27.3 Å². The molecule has 4 aromatic carbocycles. The predicted molar refractivity (Wildman–Crippen MR) is 210 cm³/mol. The number of amides is 2. The van der Waals surface area contributed by atoms with E-state index in [1.54, 1.807) is 17.0 Å². The van der Waals surface area contributed by atoms with E-state index in [1.165, 1.54) is 5.19 Å². The monoisotopic (exact) mass is 717 g/mol. The Balaban J connectivity index is 1.22. The van der Waals surface area contributed by atoms with Crippen molar-refractivity contribution in [3.05, 3.63) is 126 Å². The van der Waals surface area contributed by atoms with Crippen LogP contribution in [0.2, 0.25) is 18.6 Å². The van der Waals surface area contributed by atoms with Gasteiger partial charge < -0.3 is 19.5 Å². The van der Waals surface area contributed by atoms with Crippen molar-refractivity contribution in [1.29, 1.82) is 0 Å². The molecule has 0 spiro atoms. The lowest BCUT2D eigenvalue weighted by atomic mass is 9.95. The number of rotatable bonds is 14. The summed E-state index contributed by atoms with van der Waals surface area (Å²) in [6.07, 6.45) is 2.56. The van der Waals surface area contributed by atoms with Gasteiger partial charge >= 0.3 is 0 Å². The third kappa shape index (κ3) is 8.55. The molecule has 0 aliphatic carbocycles. The first-order valence-electron chi connectivity index (χ1n) is 18.4. The number of aryl methyl sites for hydroxylation is 1. The van der Waals surface area contributed by atoms with Crippen LogP contribution in [0.25, 0.3) is 0 Å². The molecule has 2 heterocycles. The first-order chi connectivity index (χ1) is 25.2. The molecule has 8 nitrogen and oxygen atoms in total. The third-order valence-electron chi connectivity index (χ3n) is 10.9. The number of hydrazone groups is 1. The van der Waals surface area contributed by atoms with Gasteiger partial charge in [-0.2, -0.15) is 5.10 Å². The maximum Gasteiger partial charge on any atom is 0.247 e. The lowest BCUT2D eigenvalue weighted by Gasteiger charge is -2.36. The first kappa shape index (κ1) is 37.2. The molecule has 6 rings (SSSR count). The summed E-state index contributed by atoms with van der Waals surface area (Å²) < 4.78 is 12.4. The summed E-state index contributed by atoms with van der Waals surface area (Å²) in [5.74, 6) is 1.03. The highest BCUT2D eigenvalue weighted by atomic mass is 28.3. The minimum atomic E-state index is -2.19. The molecule has 1 fully saturated rings. The first-order valence-corrected chi connectivity index (χ1v) is 21.5. The zero-order valence-corrected chi connectivity index (χ0v) is 31.8. The van der Waals surface area contributed by atoms with E-state index in [9.17, 15) is 14.7 Å². The van der Waals surface area contributed by atoms with Gasteiger partial charge in [0, 0.05) is 25.9 Å². The predicted octanol–water partition coefficient (Wildman–Crippen LogP) is 6.96. The molecule has 0 unspecified atom stereocenters. The number of anilines is 1. The maximum atomic E-state index is 14.0. The molecule has 0 aromatic heterocycles. The van der Waals surface area contributed by atoms with E-state index in [-0.39, 0.29) is 55.1 Å². The molecular weight excluding hydrogens is 667 g/mol. The van der Waals surface area contributed by atoms with Crippen LogP contribution in [-0.4, -0.2) is 68.1 Å². The molecular formula is C43H51N3O5Si. The Bertz CT molecular complexity index is 1830. The summed E-state index contributed by atoms with van der Waals surface area (Å²) in [5.41, 5.74) is 5.05. The van der Waals surface area contributed by atoms with Crippen molar-refractivity contribution in [2.24, 2.45) is 11.0 Å². The second-order valence-electron chi connectivity index (χ2n) is 14.6. The third-order valence-corrected chi connectivity index (χ3v) is 15.3. The molecule has 2 aliphatic rings. The Kier molecular flexibility index (Phi) is 12.0. The molecule has 0 saturated carbocycles. The molecule has 2 aliphatic heterocycles. The highest BCUT2D eigenvalue weighted by Crippen LogP contribution is 2.46. The van der Waals surface area contributed by atoms with Crippen molar-refractivity contribution in [1.82, 2.24) is 4.90 Å². The number of hydrogen-bond donors (Lipinski definition) is 1. The van der Waals surface area contributed by atoms with E-state index >= 15 is 0 Å². The number of nitrogens with zero attached hydrogens (tertiary/aromatic N) is 3. The van der Waals surface area contributed by atoms with Crippen molar-refractivity contribution >= 4 is 36.5 Å². The summed E-state index contributed by atoms with van der Waals surface area (Å²) in [5, 5.41) is 17.5. The van der Waals surface area contributed by atoms with Gasteiger partial charge in [-0.05, 0) is 65.3 Å². The van der Waals surface area contributed by atoms with Gasteiger partial charge in [0.2, 0.25) is 11.8 Å². The Labute approximate surface area is 309 Å². The Morgan fingerprint density at radius 2 is 1.62 bits per heavy atom. The normalized spacial score (nSPS) is 20.4.